The lowest BCUT2D eigenvalue weighted by Gasteiger charge is -2.18. The van der Waals surface area contributed by atoms with Gasteiger partial charge in [0.05, 0.1) is 6.04 Å². The first-order valence-electron chi connectivity index (χ1n) is 8.21. The second-order valence-corrected chi connectivity index (χ2v) is 8.33. The summed E-state index contributed by atoms with van der Waals surface area (Å²) >= 11 is 0. The van der Waals surface area contributed by atoms with E-state index in [1.54, 1.807) is 0 Å². The normalized spacial score (nSPS) is 18.5. The van der Waals surface area contributed by atoms with Gasteiger partial charge in [-0.3, -0.25) is 4.79 Å². The van der Waals surface area contributed by atoms with Gasteiger partial charge in [-0.15, -0.1) is 0 Å². The first-order chi connectivity index (χ1) is 12.6. The van der Waals surface area contributed by atoms with Crippen LogP contribution in [0, 0.1) is 17.6 Å². The second kappa shape index (κ2) is 6.93. The van der Waals surface area contributed by atoms with Gasteiger partial charge >= 0.3 is 0 Å². The third kappa shape index (κ3) is 3.67. The summed E-state index contributed by atoms with van der Waals surface area (Å²) in [5, 5.41) is 2.42. The number of aryl methyl sites for hydroxylation is 1. The summed E-state index contributed by atoms with van der Waals surface area (Å²) in [6.45, 7) is 3.76. The molecular weight excluding hydrogens is 380 g/mol. The van der Waals surface area contributed by atoms with Crippen LogP contribution in [0.5, 0.6) is 5.75 Å². The van der Waals surface area contributed by atoms with Crippen molar-refractivity contribution in [3.63, 3.8) is 0 Å². The number of halogens is 2. The molecule has 1 aliphatic rings. The third-order valence-electron chi connectivity index (χ3n) is 4.30. The monoisotopic (exact) mass is 399 g/mol. The van der Waals surface area contributed by atoms with Crippen LogP contribution >= 0.6 is 0 Å². The van der Waals surface area contributed by atoms with Crippen LogP contribution in [-0.2, 0) is 17.1 Å². The van der Waals surface area contributed by atoms with Crippen LogP contribution < -0.4 is 14.8 Å². The van der Waals surface area contributed by atoms with E-state index >= 15 is 0 Å². The highest BCUT2D eigenvalue weighted by Gasteiger charge is 2.35. The lowest BCUT2D eigenvalue weighted by molar-refractivity contribution is 0.101. The second-order valence-electron chi connectivity index (χ2n) is 6.65. The molecule has 2 N–H and O–H groups in total. The van der Waals surface area contributed by atoms with Gasteiger partial charge in [0.25, 0.3) is 5.91 Å². The molecule has 10 heteroatoms. The number of fused-ring (bicyclic) bond motifs is 1. The minimum absolute atomic E-state index is 0.0167. The number of ether oxygens (including phenoxy) is 1. The Morgan fingerprint density at radius 1 is 1.33 bits per heavy atom. The predicted octanol–water partition coefficient (Wildman–Crippen LogP) is 2.25. The van der Waals surface area contributed by atoms with Crippen LogP contribution in [-0.4, -0.2) is 31.5 Å². The number of carbonyl (C=O) groups excluding carboxylic acids is 1. The largest absolute Gasteiger partial charge is 0.488 e. The van der Waals surface area contributed by atoms with E-state index in [1.165, 1.54) is 23.9 Å². The molecule has 0 saturated carbocycles. The molecule has 1 aromatic heterocycles. The number of anilines is 1. The first kappa shape index (κ1) is 19.3. The van der Waals surface area contributed by atoms with Gasteiger partial charge in [0.2, 0.25) is 10.0 Å². The molecule has 1 unspecified atom stereocenters. The van der Waals surface area contributed by atoms with Crippen LogP contribution in [0.2, 0.25) is 0 Å². The Morgan fingerprint density at radius 3 is 2.67 bits per heavy atom. The SMILES string of the molecule is CC(C)C1COc2c(cn(C)c2C(=O)Nc2ccc(F)c(F)c2)S(=O)(=O)N1. The number of nitrogens with zero attached hydrogens (tertiary/aromatic N) is 1. The Labute approximate surface area is 155 Å². The van der Waals surface area contributed by atoms with Crippen molar-refractivity contribution in [3.8, 4) is 5.75 Å². The summed E-state index contributed by atoms with van der Waals surface area (Å²) in [7, 11) is -2.38. The third-order valence-corrected chi connectivity index (χ3v) is 5.79. The van der Waals surface area contributed by atoms with Crippen molar-refractivity contribution >= 4 is 21.6 Å². The first-order valence-corrected chi connectivity index (χ1v) is 9.69. The fourth-order valence-electron chi connectivity index (χ4n) is 2.73. The molecule has 0 saturated heterocycles. The van der Waals surface area contributed by atoms with Gasteiger partial charge < -0.3 is 14.6 Å². The molecule has 2 aromatic rings. The average Bonchev–Trinajstić information content (AvgIpc) is 2.85. The summed E-state index contributed by atoms with van der Waals surface area (Å²) in [6, 6.07) is 2.47. The van der Waals surface area contributed by atoms with E-state index in [0.717, 1.165) is 12.1 Å². The Balaban J connectivity index is 1.97. The number of benzene rings is 1. The molecule has 2 heterocycles. The maximum atomic E-state index is 13.4. The number of nitrogens with one attached hydrogen (secondary N) is 2. The molecule has 3 rings (SSSR count). The molecule has 146 valence electrons. The van der Waals surface area contributed by atoms with Gasteiger partial charge in [-0.05, 0) is 18.1 Å². The van der Waals surface area contributed by atoms with Crippen molar-refractivity contribution in [1.82, 2.24) is 9.29 Å². The Hall–Kier alpha value is -2.46. The van der Waals surface area contributed by atoms with Crippen LogP contribution in [0.3, 0.4) is 0 Å². The minimum Gasteiger partial charge on any atom is -0.488 e. The number of aromatic nitrogens is 1. The molecule has 0 spiro atoms. The van der Waals surface area contributed by atoms with Gasteiger partial charge in [0.15, 0.2) is 23.1 Å². The van der Waals surface area contributed by atoms with Gasteiger partial charge in [0, 0.05) is 25.0 Å². The molecular formula is C17H19F2N3O4S. The predicted molar refractivity (Wildman–Crippen MR) is 94.2 cm³/mol. The zero-order valence-corrected chi connectivity index (χ0v) is 15.7. The van der Waals surface area contributed by atoms with Crippen LogP contribution in [0.15, 0.2) is 29.3 Å². The molecule has 1 amide bonds. The van der Waals surface area contributed by atoms with Gasteiger partial charge in [0.1, 0.15) is 11.5 Å². The molecule has 0 radical (unpaired) electrons. The van der Waals surface area contributed by atoms with E-state index in [1.807, 2.05) is 13.8 Å². The molecule has 1 aromatic carbocycles. The van der Waals surface area contributed by atoms with Crippen molar-refractivity contribution in [2.75, 3.05) is 11.9 Å². The van der Waals surface area contributed by atoms with E-state index in [2.05, 4.69) is 10.0 Å². The fourth-order valence-corrected chi connectivity index (χ4v) is 4.30. The highest BCUT2D eigenvalue weighted by molar-refractivity contribution is 7.89. The summed E-state index contributed by atoms with van der Waals surface area (Å²) in [6.07, 6.45) is 1.28. The lowest BCUT2D eigenvalue weighted by atomic mass is 10.1. The Morgan fingerprint density at radius 2 is 2.04 bits per heavy atom. The lowest BCUT2D eigenvalue weighted by Crippen LogP contribution is -2.40. The fraction of sp³-hybridized carbons (Fsp3) is 0.353. The number of carbonyl (C=O) groups is 1. The molecule has 0 bridgehead atoms. The van der Waals surface area contributed by atoms with Crippen LogP contribution in [0.25, 0.3) is 0 Å². The zero-order valence-electron chi connectivity index (χ0n) is 14.9. The van der Waals surface area contributed by atoms with Crippen molar-refractivity contribution in [2.24, 2.45) is 13.0 Å². The molecule has 1 aliphatic heterocycles. The number of amides is 1. The summed E-state index contributed by atoms with van der Waals surface area (Å²) < 4.78 is 61.2. The van der Waals surface area contributed by atoms with Gasteiger partial charge in [-0.25, -0.2) is 21.9 Å². The zero-order chi connectivity index (χ0) is 19.9. The molecule has 0 aliphatic carbocycles. The van der Waals surface area contributed by atoms with Crippen molar-refractivity contribution < 1.29 is 26.7 Å². The standard InChI is InChI=1S/C17H19F2N3O4S/c1-9(2)13-8-26-16-14(27(24,25)21-13)7-22(3)15(16)17(23)20-10-4-5-11(18)12(19)6-10/h4-7,9,13,21H,8H2,1-3H3,(H,20,23). The van der Waals surface area contributed by atoms with E-state index in [-0.39, 0.29) is 34.6 Å². The molecule has 7 nitrogen and oxygen atoms in total. The van der Waals surface area contributed by atoms with Crippen molar-refractivity contribution in [3.05, 3.63) is 41.7 Å². The molecule has 1 atom stereocenters. The number of sulfonamides is 1. The maximum Gasteiger partial charge on any atom is 0.276 e. The average molecular weight is 399 g/mol. The van der Waals surface area contributed by atoms with Gasteiger partial charge in [-0.1, -0.05) is 13.8 Å². The topological polar surface area (TPSA) is 89.4 Å². The molecule has 27 heavy (non-hydrogen) atoms. The van der Waals surface area contributed by atoms with E-state index < -0.39 is 33.6 Å². The van der Waals surface area contributed by atoms with Gasteiger partial charge in [-0.2, -0.15) is 0 Å². The Bertz CT molecular complexity index is 1000. The smallest absolute Gasteiger partial charge is 0.276 e. The highest BCUT2D eigenvalue weighted by atomic mass is 32.2. The summed E-state index contributed by atoms with van der Waals surface area (Å²) in [4.78, 5) is 12.5. The van der Waals surface area contributed by atoms with E-state index in [0.29, 0.717) is 0 Å². The number of hydrogen-bond donors (Lipinski definition) is 2. The van der Waals surface area contributed by atoms with Crippen LogP contribution in [0.4, 0.5) is 14.5 Å². The number of rotatable bonds is 3. The van der Waals surface area contributed by atoms with E-state index in [9.17, 15) is 22.0 Å². The quantitative estimate of drug-likeness (QED) is 0.829. The van der Waals surface area contributed by atoms with Crippen LogP contribution in [0.1, 0.15) is 24.3 Å². The maximum absolute atomic E-state index is 13.4. The summed E-state index contributed by atoms with van der Waals surface area (Å²) in [5.41, 5.74) is -0.00646. The number of hydrogen-bond acceptors (Lipinski definition) is 4. The molecule has 0 fully saturated rings. The van der Waals surface area contributed by atoms with Crippen molar-refractivity contribution in [1.29, 1.82) is 0 Å². The minimum atomic E-state index is -3.88. The van der Waals surface area contributed by atoms with Crippen molar-refractivity contribution in [2.45, 2.75) is 24.8 Å². The summed E-state index contributed by atoms with van der Waals surface area (Å²) in [5.74, 6) is -2.95. The Kier molecular flexibility index (Phi) is 4.96. The highest BCUT2D eigenvalue weighted by Crippen LogP contribution is 2.33. The van der Waals surface area contributed by atoms with E-state index in [4.69, 9.17) is 4.74 Å².